The maximum atomic E-state index is 13.3. The van der Waals surface area contributed by atoms with E-state index in [1.165, 1.54) is 16.9 Å². The van der Waals surface area contributed by atoms with Gasteiger partial charge in [0.2, 0.25) is 0 Å². The van der Waals surface area contributed by atoms with E-state index in [4.69, 9.17) is 9.72 Å². The van der Waals surface area contributed by atoms with Gasteiger partial charge in [0.25, 0.3) is 11.8 Å². The van der Waals surface area contributed by atoms with Gasteiger partial charge in [-0.2, -0.15) is 0 Å². The number of hydrogen-bond donors (Lipinski definition) is 2. The molecule has 2 N–H and O–H groups in total. The smallest absolute Gasteiger partial charge is 0.252 e. The second kappa shape index (κ2) is 11.8. The highest BCUT2D eigenvalue weighted by Crippen LogP contribution is 2.33. The van der Waals surface area contributed by atoms with Crippen LogP contribution in [0.4, 0.5) is 10.8 Å². The molecule has 0 atom stereocenters. The fourth-order valence-electron chi connectivity index (χ4n) is 4.44. The van der Waals surface area contributed by atoms with Crippen LogP contribution < -0.4 is 15.5 Å². The Hall–Kier alpha value is -4.01. The fourth-order valence-corrected chi connectivity index (χ4v) is 5.45. The van der Waals surface area contributed by atoms with Crippen LogP contribution in [0.25, 0.3) is 11.3 Å². The topological polar surface area (TPSA) is 83.6 Å². The number of aromatic nitrogens is 1. The first kappa shape index (κ1) is 26.6. The minimum atomic E-state index is -1.15. The molecule has 1 aliphatic rings. The zero-order chi connectivity index (χ0) is 27.2. The quantitative estimate of drug-likeness (QED) is 0.313. The molecular weight excluding hydrogens is 508 g/mol. The Bertz CT molecular complexity index is 1410. The summed E-state index contributed by atoms with van der Waals surface area (Å²) in [7, 11) is 0. The van der Waals surface area contributed by atoms with E-state index in [1.807, 2.05) is 60.7 Å². The molecule has 7 nitrogen and oxygen atoms in total. The summed E-state index contributed by atoms with van der Waals surface area (Å²) in [5.74, 6) is -0.641. The van der Waals surface area contributed by atoms with E-state index >= 15 is 0 Å². The molecule has 0 unspecified atom stereocenters. The molecule has 5 rings (SSSR count). The van der Waals surface area contributed by atoms with Gasteiger partial charge in [0.1, 0.15) is 5.54 Å². The average Bonchev–Trinajstić information content (AvgIpc) is 3.36. The predicted molar refractivity (Wildman–Crippen MR) is 156 cm³/mol. The van der Waals surface area contributed by atoms with Gasteiger partial charge in [-0.1, -0.05) is 60.7 Å². The number of rotatable bonds is 8. The van der Waals surface area contributed by atoms with Crippen molar-refractivity contribution in [1.82, 2.24) is 10.3 Å². The molecule has 1 saturated heterocycles. The van der Waals surface area contributed by atoms with E-state index in [-0.39, 0.29) is 11.8 Å². The van der Waals surface area contributed by atoms with Crippen LogP contribution in [-0.4, -0.2) is 48.6 Å². The first-order chi connectivity index (χ1) is 18.9. The molecule has 3 aromatic carbocycles. The van der Waals surface area contributed by atoms with E-state index in [1.54, 1.807) is 26.0 Å². The minimum absolute atomic E-state index is 0.308. The zero-order valence-electron chi connectivity index (χ0n) is 22.1. The Labute approximate surface area is 232 Å². The Morgan fingerprint density at radius 1 is 0.923 bits per heavy atom. The van der Waals surface area contributed by atoms with Crippen molar-refractivity contribution in [3.05, 3.63) is 101 Å². The van der Waals surface area contributed by atoms with Gasteiger partial charge in [-0.15, -0.1) is 11.3 Å². The normalized spacial score (nSPS) is 13.6. The third-order valence-electron chi connectivity index (χ3n) is 6.67. The molecule has 1 fully saturated rings. The van der Waals surface area contributed by atoms with Crippen LogP contribution in [0.5, 0.6) is 0 Å². The van der Waals surface area contributed by atoms with E-state index in [2.05, 4.69) is 27.7 Å². The summed E-state index contributed by atoms with van der Waals surface area (Å²) in [6.07, 6.45) is 0.708. The summed E-state index contributed by atoms with van der Waals surface area (Å²) < 4.78 is 5.41. The van der Waals surface area contributed by atoms with Crippen LogP contribution in [0.15, 0.2) is 84.9 Å². The summed E-state index contributed by atoms with van der Waals surface area (Å²) >= 11 is 1.45. The van der Waals surface area contributed by atoms with Crippen LogP contribution in [0.3, 0.4) is 0 Å². The number of amides is 2. The van der Waals surface area contributed by atoms with Crippen LogP contribution in [0.2, 0.25) is 0 Å². The van der Waals surface area contributed by atoms with Gasteiger partial charge in [-0.3, -0.25) is 14.9 Å². The number of hydrogen-bond acceptors (Lipinski definition) is 6. The van der Waals surface area contributed by atoms with Gasteiger partial charge >= 0.3 is 0 Å². The summed E-state index contributed by atoms with van der Waals surface area (Å²) in [4.78, 5) is 34.4. The lowest BCUT2D eigenvalue weighted by Gasteiger charge is -2.29. The molecule has 0 bridgehead atoms. The van der Waals surface area contributed by atoms with E-state index in [9.17, 15) is 9.59 Å². The standard InChI is InChI=1S/C31H32N4O3S/c1-31(2,34-28(36)24-13-15-25(16-14-24)35-17-19-38-20-18-35)29(37)33-30-32-27(23-11-7-4-8-12-23)26(39-30)21-22-9-5-3-6-10-22/h3-16H,17-21H2,1-2H3,(H,34,36)(H,32,33,37). The van der Waals surface area contributed by atoms with E-state index < -0.39 is 5.54 Å². The Balaban J connectivity index is 1.28. The van der Waals surface area contributed by atoms with Crippen LogP contribution >= 0.6 is 11.3 Å². The molecule has 0 saturated carbocycles. The lowest BCUT2D eigenvalue weighted by atomic mass is 10.0. The Morgan fingerprint density at radius 3 is 2.23 bits per heavy atom. The number of anilines is 2. The second-order valence-electron chi connectivity index (χ2n) is 10.00. The highest BCUT2D eigenvalue weighted by molar-refractivity contribution is 7.16. The number of nitrogens with one attached hydrogen (secondary N) is 2. The fraction of sp³-hybridized carbons (Fsp3) is 0.258. The maximum Gasteiger partial charge on any atom is 0.252 e. The third-order valence-corrected chi connectivity index (χ3v) is 7.64. The van der Waals surface area contributed by atoms with Crippen LogP contribution in [-0.2, 0) is 16.0 Å². The highest BCUT2D eigenvalue weighted by Gasteiger charge is 2.31. The first-order valence-corrected chi connectivity index (χ1v) is 13.9. The lowest BCUT2D eigenvalue weighted by Crippen LogP contribution is -2.52. The largest absolute Gasteiger partial charge is 0.378 e. The van der Waals surface area contributed by atoms with E-state index in [0.29, 0.717) is 30.3 Å². The van der Waals surface area contributed by atoms with Gasteiger partial charge in [0, 0.05) is 41.2 Å². The number of morpholine rings is 1. The van der Waals surface area contributed by atoms with Gasteiger partial charge in [0.15, 0.2) is 5.13 Å². The Kier molecular flexibility index (Phi) is 8.05. The molecule has 4 aromatic rings. The molecule has 0 spiro atoms. The number of nitrogens with zero attached hydrogens (tertiary/aromatic N) is 2. The van der Waals surface area contributed by atoms with Gasteiger partial charge in [-0.25, -0.2) is 4.98 Å². The SMILES string of the molecule is CC(C)(NC(=O)c1ccc(N2CCOCC2)cc1)C(=O)Nc1nc(-c2ccccc2)c(Cc2ccccc2)s1. The van der Waals surface area contributed by atoms with Crippen LogP contribution in [0.1, 0.15) is 34.6 Å². The van der Waals surface area contributed by atoms with Crippen molar-refractivity contribution in [1.29, 1.82) is 0 Å². The van der Waals surface area contributed by atoms with Gasteiger partial charge in [0.05, 0.1) is 18.9 Å². The second-order valence-corrected chi connectivity index (χ2v) is 11.1. The molecule has 2 amide bonds. The molecule has 39 heavy (non-hydrogen) atoms. The summed E-state index contributed by atoms with van der Waals surface area (Å²) in [5.41, 5.74) is 3.41. The number of thiazole rings is 1. The predicted octanol–water partition coefficient (Wildman–Crippen LogP) is 5.38. The third kappa shape index (κ3) is 6.53. The van der Waals surface area contributed by atoms with Gasteiger partial charge in [-0.05, 0) is 43.7 Å². The minimum Gasteiger partial charge on any atom is -0.378 e. The molecule has 0 radical (unpaired) electrons. The molecule has 200 valence electrons. The summed E-state index contributed by atoms with van der Waals surface area (Å²) in [6, 6.07) is 27.6. The molecule has 1 aromatic heterocycles. The van der Waals surface area contributed by atoms with Gasteiger partial charge < -0.3 is 15.0 Å². The van der Waals surface area contributed by atoms with Crippen molar-refractivity contribution >= 4 is 34.0 Å². The lowest BCUT2D eigenvalue weighted by molar-refractivity contribution is -0.120. The molecule has 1 aliphatic heterocycles. The van der Waals surface area contributed by atoms with Crippen molar-refractivity contribution in [2.75, 3.05) is 36.5 Å². The molecule has 0 aliphatic carbocycles. The van der Waals surface area contributed by atoms with Crippen LogP contribution in [0, 0.1) is 0 Å². The Morgan fingerprint density at radius 2 is 1.56 bits per heavy atom. The highest BCUT2D eigenvalue weighted by atomic mass is 32.1. The molecular formula is C31H32N4O3S. The molecule has 2 heterocycles. The summed E-state index contributed by atoms with van der Waals surface area (Å²) in [6.45, 7) is 6.44. The summed E-state index contributed by atoms with van der Waals surface area (Å²) in [5, 5.41) is 6.32. The number of benzene rings is 3. The maximum absolute atomic E-state index is 13.3. The monoisotopic (exact) mass is 540 g/mol. The first-order valence-electron chi connectivity index (χ1n) is 13.0. The number of carbonyl (C=O) groups is 2. The average molecular weight is 541 g/mol. The zero-order valence-corrected chi connectivity index (χ0v) is 23.0. The van der Waals surface area contributed by atoms with E-state index in [0.717, 1.165) is 34.9 Å². The van der Waals surface area contributed by atoms with Crippen molar-refractivity contribution in [3.8, 4) is 11.3 Å². The number of carbonyl (C=O) groups excluding carboxylic acids is 2. The van der Waals surface area contributed by atoms with Crippen molar-refractivity contribution in [2.24, 2.45) is 0 Å². The molecule has 8 heteroatoms. The van der Waals surface area contributed by atoms with Crippen molar-refractivity contribution in [3.63, 3.8) is 0 Å². The van der Waals surface area contributed by atoms with Crippen molar-refractivity contribution < 1.29 is 14.3 Å². The number of ether oxygens (including phenoxy) is 1. The van der Waals surface area contributed by atoms with Crippen molar-refractivity contribution in [2.45, 2.75) is 25.8 Å².